The van der Waals surface area contributed by atoms with Crippen molar-refractivity contribution in [1.29, 1.82) is 5.41 Å². The van der Waals surface area contributed by atoms with Crippen LogP contribution in [0.3, 0.4) is 0 Å². The van der Waals surface area contributed by atoms with Crippen molar-refractivity contribution < 1.29 is 4.74 Å². The highest BCUT2D eigenvalue weighted by molar-refractivity contribution is 5.97. The molecular formula is C15H16N2O. The third-order valence-electron chi connectivity index (χ3n) is 2.75. The van der Waals surface area contributed by atoms with Gasteiger partial charge in [-0.3, -0.25) is 5.41 Å². The number of rotatable bonds is 4. The van der Waals surface area contributed by atoms with Gasteiger partial charge in [0.1, 0.15) is 17.7 Å². The molecule has 0 aliphatic heterocycles. The summed E-state index contributed by atoms with van der Waals surface area (Å²) in [6, 6.07) is 17.3. The van der Waals surface area contributed by atoms with E-state index in [9.17, 15) is 0 Å². The summed E-state index contributed by atoms with van der Waals surface area (Å²) < 4.78 is 5.87. The van der Waals surface area contributed by atoms with E-state index in [1.807, 2.05) is 55.5 Å². The van der Waals surface area contributed by atoms with Gasteiger partial charge in [0.15, 0.2) is 0 Å². The van der Waals surface area contributed by atoms with Gasteiger partial charge in [0, 0.05) is 0 Å². The van der Waals surface area contributed by atoms with Gasteiger partial charge in [-0.25, -0.2) is 0 Å². The first-order valence-corrected chi connectivity index (χ1v) is 5.83. The van der Waals surface area contributed by atoms with Crippen LogP contribution >= 0.6 is 0 Å². The predicted molar refractivity (Wildman–Crippen MR) is 72.9 cm³/mol. The van der Waals surface area contributed by atoms with Crippen molar-refractivity contribution in [2.24, 2.45) is 5.73 Å². The largest absolute Gasteiger partial charge is 0.485 e. The number of nitrogens with one attached hydrogen (secondary N) is 1. The van der Waals surface area contributed by atoms with Gasteiger partial charge in [0.25, 0.3) is 0 Å². The highest BCUT2D eigenvalue weighted by Crippen LogP contribution is 2.24. The predicted octanol–water partition coefficient (Wildman–Crippen LogP) is 3.11. The summed E-state index contributed by atoms with van der Waals surface area (Å²) in [5, 5.41) is 7.52. The first-order valence-electron chi connectivity index (χ1n) is 5.83. The molecule has 0 saturated heterocycles. The van der Waals surface area contributed by atoms with Crippen LogP contribution in [-0.2, 0) is 0 Å². The normalized spacial score (nSPS) is 11.8. The van der Waals surface area contributed by atoms with Gasteiger partial charge < -0.3 is 10.5 Å². The van der Waals surface area contributed by atoms with Crippen LogP contribution in [0, 0.1) is 5.41 Å². The van der Waals surface area contributed by atoms with Gasteiger partial charge in [-0.1, -0.05) is 42.5 Å². The van der Waals surface area contributed by atoms with Crippen LogP contribution < -0.4 is 10.5 Å². The molecule has 0 bridgehead atoms. The standard InChI is InChI=1S/C15H16N2O/c1-11(12-7-3-2-4-8-12)18-14-10-6-5-9-13(14)15(16)17/h2-11H,1H3,(H3,16,17). The SMILES string of the molecule is CC(Oc1ccccc1C(=N)N)c1ccccc1. The molecule has 0 spiro atoms. The Morgan fingerprint density at radius 3 is 2.33 bits per heavy atom. The van der Waals surface area contributed by atoms with E-state index in [2.05, 4.69) is 0 Å². The second-order valence-corrected chi connectivity index (χ2v) is 4.08. The zero-order valence-electron chi connectivity index (χ0n) is 10.3. The fourth-order valence-electron chi connectivity index (χ4n) is 1.77. The van der Waals surface area contributed by atoms with Gasteiger partial charge in [-0.15, -0.1) is 0 Å². The molecule has 1 atom stereocenters. The molecule has 3 heteroatoms. The van der Waals surface area contributed by atoms with E-state index in [0.717, 1.165) is 5.56 Å². The van der Waals surface area contributed by atoms with E-state index in [0.29, 0.717) is 11.3 Å². The van der Waals surface area contributed by atoms with Gasteiger partial charge in [0.05, 0.1) is 5.56 Å². The van der Waals surface area contributed by atoms with Crippen LogP contribution in [0.15, 0.2) is 54.6 Å². The van der Waals surface area contributed by atoms with E-state index in [4.69, 9.17) is 15.9 Å². The molecule has 0 amide bonds. The minimum Gasteiger partial charge on any atom is -0.485 e. The molecule has 0 radical (unpaired) electrons. The Kier molecular flexibility index (Phi) is 3.63. The third-order valence-corrected chi connectivity index (χ3v) is 2.75. The third kappa shape index (κ3) is 2.69. The Balaban J connectivity index is 2.22. The smallest absolute Gasteiger partial charge is 0.131 e. The zero-order valence-corrected chi connectivity index (χ0v) is 10.3. The second kappa shape index (κ2) is 5.36. The molecule has 0 aliphatic carbocycles. The number of hydrogen-bond acceptors (Lipinski definition) is 2. The maximum absolute atomic E-state index is 7.52. The van der Waals surface area contributed by atoms with Crippen molar-refractivity contribution in [3.63, 3.8) is 0 Å². The number of ether oxygens (including phenoxy) is 1. The van der Waals surface area contributed by atoms with Crippen LogP contribution in [0.25, 0.3) is 0 Å². The van der Waals surface area contributed by atoms with Gasteiger partial charge >= 0.3 is 0 Å². The molecule has 3 nitrogen and oxygen atoms in total. The zero-order chi connectivity index (χ0) is 13.0. The van der Waals surface area contributed by atoms with Crippen molar-refractivity contribution >= 4 is 5.84 Å². The van der Waals surface area contributed by atoms with E-state index in [1.165, 1.54) is 0 Å². The number of benzene rings is 2. The van der Waals surface area contributed by atoms with Crippen LogP contribution in [0.4, 0.5) is 0 Å². The molecular weight excluding hydrogens is 224 g/mol. The van der Waals surface area contributed by atoms with Crippen molar-refractivity contribution in [3.8, 4) is 5.75 Å². The minimum atomic E-state index is -0.0771. The average Bonchev–Trinajstić information content (AvgIpc) is 2.40. The van der Waals surface area contributed by atoms with Crippen LogP contribution in [0.2, 0.25) is 0 Å². The highest BCUT2D eigenvalue weighted by Gasteiger charge is 2.10. The fourth-order valence-corrected chi connectivity index (χ4v) is 1.77. The average molecular weight is 240 g/mol. The Hall–Kier alpha value is -2.29. The number of para-hydroxylation sites is 1. The summed E-state index contributed by atoms with van der Waals surface area (Å²) in [6.45, 7) is 1.98. The molecule has 18 heavy (non-hydrogen) atoms. The number of hydrogen-bond donors (Lipinski definition) is 2. The first-order chi connectivity index (χ1) is 8.68. The summed E-state index contributed by atoms with van der Waals surface area (Å²) >= 11 is 0. The summed E-state index contributed by atoms with van der Waals surface area (Å²) in [5.41, 5.74) is 7.25. The summed E-state index contributed by atoms with van der Waals surface area (Å²) in [7, 11) is 0. The Morgan fingerprint density at radius 1 is 1.06 bits per heavy atom. The van der Waals surface area contributed by atoms with E-state index in [1.54, 1.807) is 6.07 Å². The fraction of sp³-hybridized carbons (Fsp3) is 0.133. The molecule has 2 aromatic carbocycles. The molecule has 0 heterocycles. The number of amidine groups is 1. The van der Waals surface area contributed by atoms with Crippen molar-refractivity contribution in [1.82, 2.24) is 0 Å². The van der Waals surface area contributed by atoms with Crippen molar-refractivity contribution in [3.05, 3.63) is 65.7 Å². The molecule has 2 rings (SSSR count). The molecule has 0 fully saturated rings. The maximum Gasteiger partial charge on any atom is 0.131 e. The molecule has 92 valence electrons. The molecule has 0 aromatic heterocycles. The highest BCUT2D eigenvalue weighted by atomic mass is 16.5. The summed E-state index contributed by atoms with van der Waals surface area (Å²) in [5.74, 6) is 0.659. The molecule has 0 aliphatic rings. The molecule has 0 saturated carbocycles. The van der Waals surface area contributed by atoms with Crippen LogP contribution in [-0.4, -0.2) is 5.84 Å². The van der Waals surface area contributed by atoms with E-state index < -0.39 is 0 Å². The van der Waals surface area contributed by atoms with Gasteiger partial charge in [-0.05, 0) is 24.6 Å². The lowest BCUT2D eigenvalue weighted by Gasteiger charge is -2.17. The van der Waals surface area contributed by atoms with Gasteiger partial charge in [-0.2, -0.15) is 0 Å². The quantitative estimate of drug-likeness (QED) is 0.637. The van der Waals surface area contributed by atoms with Gasteiger partial charge in [0.2, 0.25) is 0 Å². The topological polar surface area (TPSA) is 59.1 Å². The Morgan fingerprint density at radius 2 is 1.67 bits per heavy atom. The van der Waals surface area contributed by atoms with Crippen molar-refractivity contribution in [2.75, 3.05) is 0 Å². The van der Waals surface area contributed by atoms with E-state index >= 15 is 0 Å². The summed E-state index contributed by atoms with van der Waals surface area (Å²) in [4.78, 5) is 0. The Labute approximate surface area is 107 Å². The minimum absolute atomic E-state index is 0.0193. The van der Waals surface area contributed by atoms with E-state index in [-0.39, 0.29) is 11.9 Å². The van der Waals surface area contributed by atoms with Crippen LogP contribution in [0.1, 0.15) is 24.2 Å². The number of nitrogen functional groups attached to an aromatic ring is 1. The monoisotopic (exact) mass is 240 g/mol. The Bertz CT molecular complexity index is 537. The van der Waals surface area contributed by atoms with Crippen LogP contribution in [0.5, 0.6) is 5.75 Å². The summed E-state index contributed by atoms with van der Waals surface area (Å²) in [6.07, 6.45) is -0.0771. The maximum atomic E-state index is 7.52. The lowest BCUT2D eigenvalue weighted by Crippen LogP contribution is -2.14. The second-order valence-electron chi connectivity index (χ2n) is 4.08. The first kappa shape index (κ1) is 12.2. The lowest BCUT2D eigenvalue weighted by atomic mass is 10.1. The number of nitrogens with two attached hydrogens (primary N) is 1. The van der Waals surface area contributed by atoms with Crippen molar-refractivity contribution in [2.45, 2.75) is 13.0 Å². The molecule has 3 N–H and O–H groups in total. The molecule has 2 aromatic rings. The molecule has 1 unspecified atom stereocenters. The lowest BCUT2D eigenvalue weighted by molar-refractivity contribution is 0.226.